The fourth-order valence-electron chi connectivity index (χ4n) is 7.83. The van der Waals surface area contributed by atoms with Gasteiger partial charge in [-0.25, -0.2) is 4.98 Å². The minimum absolute atomic E-state index is 0.0841. The first kappa shape index (κ1) is 27.8. The van der Waals surface area contributed by atoms with Gasteiger partial charge in [0.25, 0.3) is 0 Å². The highest BCUT2D eigenvalue weighted by Gasteiger charge is 2.34. The zero-order valence-electron chi connectivity index (χ0n) is 26.9. The number of benzene rings is 5. The van der Waals surface area contributed by atoms with E-state index in [0.717, 1.165) is 46.8 Å². The summed E-state index contributed by atoms with van der Waals surface area (Å²) in [6, 6.07) is 47.9. The van der Waals surface area contributed by atoms with Crippen molar-refractivity contribution in [2.24, 2.45) is 0 Å². The summed E-state index contributed by atoms with van der Waals surface area (Å²) >= 11 is 0. The zero-order valence-corrected chi connectivity index (χ0v) is 26.9. The number of para-hydroxylation sites is 2. The molecule has 0 saturated carbocycles. The van der Waals surface area contributed by atoms with Gasteiger partial charge in [0.15, 0.2) is 5.82 Å². The number of rotatable bonds is 5. The third-order valence-corrected chi connectivity index (χ3v) is 10.0. The first-order valence-corrected chi connectivity index (χ1v) is 17.0. The Balaban J connectivity index is 1.16. The van der Waals surface area contributed by atoms with Gasteiger partial charge >= 0.3 is 0 Å². The van der Waals surface area contributed by atoms with E-state index in [-0.39, 0.29) is 6.17 Å². The molecule has 0 amide bonds. The summed E-state index contributed by atoms with van der Waals surface area (Å²) in [5.74, 6) is 0.925. The van der Waals surface area contributed by atoms with Crippen LogP contribution in [0.1, 0.15) is 24.6 Å². The van der Waals surface area contributed by atoms with E-state index in [4.69, 9.17) is 4.98 Å². The number of aromatic nitrogens is 3. The van der Waals surface area contributed by atoms with Crippen molar-refractivity contribution in [3.63, 3.8) is 0 Å². The Morgan fingerprint density at radius 3 is 2.33 bits per heavy atom. The average molecular weight is 632 g/mol. The maximum atomic E-state index is 4.95. The smallest absolute Gasteiger partial charge is 0.159 e. The molecule has 1 N–H and O–H groups in total. The number of hydrogen-bond donors (Lipinski definition) is 1. The molecule has 8 aromatic rings. The molecule has 5 heteroatoms. The molecule has 10 rings (SSSR count). The van der Waals surface area contributed by atoms with Crippen LogP contribution in [0.25, 0.3) is 55.2 Å². The van der Waals surface area contributed by atoms with Crippen LogP contribution >= 0.6 is 0 Å². The lowest BCUT2D eigenvalue weighted by atomic mass is 10.0. The third kappa shape index (κ3) is 4.36. The molecular weight excluding hydrogens is 599 g/mol. The minimum Gasteiger partial charge on any atom is -0.358 e. The molecule has 4 heterocycles. The largest absolute Gasteiger partial charge is 0.358 e. The summed E-state index contributed by atoms with van der Waals surface area (Å²) in [7, 11) is 0. The second kappa shape index (κ2) is 11.1. The number of nitrogens with zero attached hydrogens (tertiary/aromatic N) is 4. The Labute approximate surface area is 284 Å². The van der Waals surface area contributed by atoms with Crippen molar-refractivity contribution in [3.05, 3.63) is 170 Å². The summed E-state index contributed by atoms with van der Waals surface area (Å²) in [4.78, 5) is 7.26. The van der Waals surface area contributed by atoms with E-state index in [1.54, 1.807) is 0 Å². The molecule has 3 aromatic heterocycles. The van der Waals surface area contributed by atoms with Gasteiger partial charge in [0.1, 0.15) is 6.17 Å². The summed E-state index contributed by atoms with van der Waals surface area (Å²) in [6.07, 6.45) is 13.1. The Kier molecular flexibility index (Phi) is 6.31. The normalized spacial score (nSPS) is 15.6. The quantitative estimate of drug-likeness (QED) is 0.205. The van der Waals surface area contributed by atoms with Gasteiger partial charge in [-0.15, -0.1) is 0 Å². The van der Waals surface area contributed by atoms with Crippen LogP contribution in [0.2, 0.25) is 0 Å². The average Bonchev–Trinajstić information content (AvgIpc) is 3.88. The van der Waals surface area contributed by atoms with Crippen molar-refractivity contribution < 1.29 is 0 Å². The van der Waals surface area contributed by atoms with Crippen molar-refractivity contribution in [1.29, 1.82) is 0 Å². The Hall–Kier alpha value is -6.33. The Morgan fingerprint density at radius 2 is 1.47 bits per heavy atom. The van der Waals surface area contributed by atoms with E-state index in [0.29, 0.717) is 0 Å². The predicted octanol–water partition coefficient (Wildman–Crippen LogP) is 11.3. The highest BCUT2D eigenvalue weighted by molar-refractivity contribution is 6.18. The van der Waals surface area contributed by atoms with Gasteiger partial charge in [-0.2, -0.15) is 0 Å². The molecule has 5 aromatic carbocycles. The fourth-order valence-corrected chi connectivity index (χ4v) is 7.83. The van der Waals surface area contributed by atoms with Crippen molar-refractivity contribution >= 4 is 55.6 Å². The fraction of sp³-hybridized carbons (Fsp3) is 0.0682. The van der Waals surface area contributed by atoms with Crippen LogP contribution in [0.15, 0.2) is 164 Å². The van der Waals surface area contributed by atoms with Crippen LogP contribution in [-0.2, 0) is 0 Å². The predicted molar refractivity (Wildman–Crippen MR) is 204 cm³/mol. The van der Waals surface area contributed by atoms with Crippen molar-refractivity contribution in [1.82, 2.24) is 14.1 Å². The highest BCUT2D eigenvalue weighted by Crippen LogP contribution is 2.49. The second-order valence-electron chi connectivity index (χ2n) is 12.8. The van der Waals surface area contributed by atoms with Crippen LogP contribution < -0.4 is 10.2 Å². The van der Waals surface area contributed by atoms with Gasteiger partial charge in [0, 0.05) is 51.2 Å². The number of hydrogen-bond acceptors (Lipinski definition) is 3. The first-order valence-electron chi connectivity index (χ1n) is 17.0. The van der Waals surface area contributed by atoms with Crippen LogP contribution in [0.5, 0.6) is 0 Å². The summed E-state index contributed by atoms with van der Waals surface area (Å²) in [6.45, 7) is 0. The van der Waals surface area contributed by atoms with Crippen molar-refractivity contribution in [2.75, 3.05) is 10.2 Å². The molecular formula is C44H33N5. The Bertz CT molecular complexity index is 2590. The third-order valence-electron chi connectivity index (χ3n) is 10.0. The second-order valence-corrected chi connectivity index (χ2v) is 12.8. The monoisotopic (exact) mass is 631 g/mol. The SMILES string of the molecule is C1=CC(n2ccc3c2ccc2c4ccccc4n(-c4cccc(-c5ccnc6c5NC(c5ccccc5)N6c5ccccc5)c4)c23)=CCC1. The standard InChI is InChI=1S/C44H33N5/c1-4-13-30(14-5-1)43-46-41-35(25-27-45-44(41)49(43)33-18-8-3-9-19-33)31-15-12-20-34(29-31)48-40-22-11-10-21-36(40)37-23-24-39-38(42(37)48)26-28-47(39)32-16-6-2-7-17-32/h1,3-6,8-29,43,46H,2,7H2. The summed E-state index contributed by atoms with van der Waals surface area (Å²) in [5.41, 5.74) is 11.6. The van der Waals surface area contributed by atoms with Crippen LogP contribution in [0, 0.1) is 0 Å². The van der Waals surface area contributed by atoms with Crippen molar-refractivity contribution in [3.8, 4) is 16.8 Å². The molecule has 1 aliphatic heterocycles. The molecule has 0 saturated heterocycles. The maximum Gasteiger partial charge on any atom is 0.159 e. The van der Waals surface area contributed by atoms with Gasteiger partial charge < -0.3 is 14.5 Å². The first-order chi connectivity index (χ1) is 24.3. The minimum atomic E-state index is -0.0841. The van der Waals surface area contributed by atoms with Crippen molar-refractivity contribution in [2.45, 2.75) is 19.0 Å². The molecule has 5 nitrogen and oxygen atoms in total. The van der Waals surface area contributed by atoms with Crippen LogP contribution in [0.3, 0.4) is 0 Å². The molecule has 0 fully saturated rings. The van der Waals surface area contributed by atoms with E-state index in [1.807, 2.05) is 6.20 Å². The lowest BCUT2D eigenvalue weighted by Crippen LogP contribution is -2.23. The zero-order chi connectivity index (χ0) is 32.3. The molecule has 1 unspecified atom stereocenters. The topological polar surface area (TPSA) is 38.0 Å². The number of pyridine rings is 1. The number of anilines is 3. The number of allylic oxidation sites excluding steroid dienone is 4. The number of nitrogens with one attached hydrogen (secondary N) is 1. The molecule has 0 radical (unpaired) electrons. The van der Waals surface area contributed by atoms with Gasteiger partial charge in [-0.3, -0.25) is 4.90 Å². The highest BCUT2D eigenvalue weighted by atomic mass is 15.4. The van der Waals surface area contributed by atoms with Gasteiger partial charge in [0.2, 0.25) is 0 Å². The molecule has 1 aliphatic carbocycles. The van der Waals surface area contributed by atoms with E-state index in [9.17, 15) is 0 Å². The number of fused-ring (bicyclic) bond motifs is 6. The summed E-state index contributed by atoms with van der Waals surface area (Å²) in [5, 5.41) is 7.64. The van der Waals surface area contributed by atoms with E-state index < -0.39 is 0 Å². The Morgan fingerprint density at radius 1 is 0.653 bits per heavy atom. The molecule has 1 atom stereocenters. The summed E-state index contributed by atoms with van der Waals surface area (Å²) < 4.78 is 4.78. The van der Waals surface area contributed by atoms with Crippen LogP contribution in [-0.4, -0.2) is 14.1 Å². The lowest BCUT2D eigenvalue weighted by molar-refractivity contribution is 0.820. The maximum absolute atomic E-state index is 4.95. The molecule has 2 aliphatic rings. The molecule has 0 bridgehead atoms. The van der Waals surface area contributed by atoms with Gasteiger partial charge in [-0.1, -0.05) is 97.1 Å². The van der Waals surface area contributed by atoms with Gasteiger partial charge in [0.05, 0.1) is 22.2 Å². The van der Waals surface area contributed by atoms with E-state index in [1.165, 1.54) is 44.0 Å². The molecule has 234 valence electrons. The lowest BCUT2D eigenvalue weighted by Gasteiger charge is -2.26. The van der Waals surface area contributed by atoms with E-state index in [2.05, 4.69) is 177 Å². The molecule has 0 spiro atoms. The van der Waals surface area contributed by atoms with Gasteiger partial charge in [-0.05, 0) is 78.6 Å². The molecule has 49 heavy (non-hydrogen) atoms. The van der Waals surface area contributed by atoms with Crippen LogP contribution in [0.4, 0.5) is 17.2 Å². The van der Waals surface area contributed by atoms with E-state index >= 15 is 0 Å².